The molecule has 0 bridgehead atoms. The van der Waals surface area contributed by atoms with Crippen molar-refractivity contribution in [3.63, 3.8) is 0 Å². The van der Waals surface area contributed by atoms with Gasteiger partial charge in [-0.1, -0.05) is 57.9 Å². The van der Waals surface area contributed by atoms with E-state index in [1.54, 1.807) is 12.5 Å². The zero-order valence-electron chi connectivity index (χ0n) is 15.5. The van der Waals surface area contributed by atoms with Crippen LogP contribution in [0.5, 0.6) is 11.5 Å². The number of benzene rings is 2. The van der Waals surface area contributed by atoms with Gasteiger partial charge in [-0.15, -0.1) is 10.5 Å². The first-order chi connectivity index (χ1) is 12.6. The summed E-state index contributed by atoms with van der Waals surface area (Å²) in [7, 11) is 0. The van der Waals surface area contributed by atoms with Gasteiger partial charge in [0.05, 0.1) is 0 Å². The van der Waals surface area contributed by atoms with Crippen LogP contribution in [0.15, 0.2) is 48.5 Å². The minimum absolute atomic E-state index is 0.153. The first kappa shape index (κ1) is 19.3. The van der Waals surface area contributed by atoms with Crippen LogP contribution in [-0.2, 0) is 5.41 Å². The molecule has 0 radical (unpaired) electrons. The maximum absolute atomic E-state index is 8.70. The summed E-state index contributed by atoms with van der Waals surface area (Å²) in [5.41, 5.74) is 2.25. The Labute approximate surface area is 155 Å². The smallest absolute Gasteiger partial charge is 0.292 e. The second-order valence-electron chi connectivity index (χ2n) is 6.47. The highest BCUT2D eigenvalue weighted by atomic mass is 16.5. The van der Waals surface area contributed by atoms with E-state index in [0.29, 0.717) is 17.4 Å². The van der Waals surface area contributed by atoms with Crippen LogP contribution in [0.3, 0.4) is 0 Å². The van der Waals surface area contributed by atoms with E-state index in [1.165, 1.54) is 11.1 Å². The van der Waals surface area contributed by atoms with Crippen LogP contribution < -0.4 is 9.47 Å². The standard InChI is InChI=1S/C22H24N2O2/c1-4-14-22(17(3)5-2,18-6-10-20(11-7-18)25-15-23)19-8-12-21(13-9-19)26-16-24/h6-13,17H,4-5,14H2,1-3H3. The minimum atomic E-state index is -0.153. The first-order valence-electron chi connectivity index (χ1n) is 8.95. The maximum Gasteiger partial charge on any atom is 0.292 e. The highest BCUT2D eigenvalue weighted by Gasteiger charge is 2.38. The second-order valence-corrected chi connectivity index (χ2v) is 6.47. The Hall–Kier alpha value is -2.98. The summed E-state index contributed by atoms with van der Waals surface area (Å²) >= 11 is 0. The van der Waals surface area contributed by atoms with Crippen molar-refractivity contribution in [2.75, 3.05) is 0 Å². The molecular weight excluding hydrogens is 324 g/mol. The molecule has 0 aliphatic carbocycles. The van der Waals surface area contributed by atoms with Gasteiger partial charge >= 0.3 is 0 Å². The lowest BCUT2D eigenvalue weighted by molar-refractivity contribution is 0.310. The normalized spacial score (nSPS) is 11.9. The fourth-order valence-electron chi connectivity index (χ4n) is 3.76. The van der Waals surface area contributed by atoms with Gasteiger partial charge in [0.15, 0.2) is 0 Å². The van der Waals surface area contributed by atoms with E-state index in [0.717, 1.165) is 19.3 Å². The SMILES string of the molecule is CCCC(c1ccc(OC#N)cc1)(c1ccc(OC#N)cc1)C(C)CC. The van der Waals surface area contributed by atoms with E-state index in [4.69, 9.17) is 20.0 Å². The zero-order chi connectivity index (χ0) is 19.0. The summed E-state index contributed by atoms with van der Waals surface area (Å²) < 4.78 is 9.85. The lowest BCUT2D eigenvalue weighted by atomic mass is 9.63. The molecule has 2 aromatic rings. The molecule has 26 heavy (non-hydrogen) atoms. The third kappa shape index (κ3) is 3.81. The van der Waals surface area contributed by atoms with Gasteiger partial charge in [0.2, 0.25) is 0 Å². The molecule has 0 N–H and O–H groups in total. The second kappa shape index (κ2) is 8.92. The average Bonchev–Trinajstić information content (AvgIpc) is 2.67. The van der Waals surface area contributed by atoms with Gasteiger partial charge in [-0.2, -0.15) is 0 Å². The Bertz CT molecular complexity index is 723. The summed E-state index contributed by atoms with van der Waals surface area (Å²) in [6.45, 7) is 6.67. The number of nitriles is 2. The first-order valence-corrected chi connectivity index (χ1v) is 8.95. The topological polar surface area (TPSA) is 66.0 Å². The minimum Gasteiger partial charge on any atom is -0.388 e. The van der Waals surface area contributed by atoms with Gasteiger partial charge in [-0.25, -0.2) is 0 Å². The number of ether oxygens (including phenoxy) is 2. The Morgan fingerprint density at radius 3 is 1.58 bits per heavy atom. The third-order valence-electron chi connectivity index (χ3n) is 5.16. The summed E-state index contributed by atoms with van der Waals surface area (Å²) in [6, 6.07) is 15.6. The Kier molecular flexibility index (Phi) is 6.64. The molecule has 0 heterocycles. The molecule has 0 saturated heterocycles. The lowest BCUT2D eigenvalue weighted by Crippen LogP contribution is -2.35. The van der Waals surface area contributed by atoms with Crippen molar-refractivity contribution in [2.24, 2.45) is 5.92 Å². The molecule has 4 nitrogen and oxygen atoms in total. The fourth-order valence-corrected chi connectivity index (χ4v) is 3.76. The molecule has 1 atom stereocenters. The van der Waals surface area contributed by atoms with Crippen molar-refractivity contribution in [3.8, 4) is 24.0 Å². The Morgan fingerprint density at radius 2 is 1.27 bits per heavy atom. The van der Waals surface area contributed by atoms with Gasteiger partial charge in [0.25, 0.3) is 12.5 Å². The van der Waals surface area contributed by atoms with Gasteiger partial charge < -0.3 is 9.47 Å². The van der Waals surface area contributed by atoms with Crippen LogP contribution in [0.4, 0.5) is 0 Å². The van der Waals surface area contributed by atoms with Crippen LogP contribution in [0.25, 0.3) is 0 Å². The molecule has 0 fully saturated rings. The highest BCUT2D eigenvalue weighted by molar-refractivity contribution is 5.44. The van der Waals surface area contributed by atoms with E-state index in [2.05, 4.69) is 20.8 Å². The number of nitrogens with zero attached hydrogens (tertiary/aromatic N) is 2. The summed E-state index contributed by atoms with van der Waals surface area (Å²) in [4.78, 5) is 0. The van der Waals surface area contributed by atoms with Crippen molar-refractivity contribution in [3.05, 3.63) is 59.7 Å². The monoisotopic (exact) mass is 348 g/mol. The quantitative estimate of drug-likeness (QED) is 0.588. The summed E-state index contributed by atoms with van der Waals surface area (Å²) in [6.07, 6.45) is 6.49. The fraction of sp³-hybridized carbons (Fsp3) is 0.364. The highest BCUT2D eigenvalue weighted by Crippen LogP contribution is 2.45. The van der Waals surface area contributed by atoms with E-state index < -0.39 is 0 Å². The molecule has 1 unspecified atom stereocenters. The van der Waals surface area contributed by atoms with E-state index in [1.807, 2.05) is 48.5 Å². The van der Waals surface area contributed by atoms with Crippen LogP contribution in [0.1, 0.15) is 51.2 Å². The molecule has 2 aromatic carbocycles. The molecule has 0 aliphatic rings. The summed E-state index contributed by atoms with van der Waals surface area (Å²) in [5, 5.41) is 17.4. The number of hydrogen-bond acceptors (Lipinski definition) is 4. The van der Waals surface area contributed by atoms with Crippen molar-refractivity contribution >= 4 is 0 Å². The van der Waals surface area contributed by atoms with Gasteiger partial charge in [-0.3, -0.25) is 0 Å². The average molecular weight is 348 g/mol. The molecule has 2 rings (SSSR count). The van der Waals surface area contributed by atoms with Crippen LogP contribution in [0, 0.1) is 29.0 Å². The van der Waals surface area contributed by atoms with Crippen LogP contribution >= 0.6 is 0 Å². The van der Waals surface area contributed by atoms with Gasteiger partial charge in [0.1, 0.15) is 11.5 Å². The maximum atomic E-state index is 8.70. The van der Waals surface area contributed by atoms with Crippen LogP contribution in [-0.4, -0.2) is 0 Å². The molecule has 134 valence electrons. The molecule has 0 aromatic heterocycles. The van der Waals surface area contributed by atoms with Gasteiger partial charge in [-0.05, 0) is 47.7 Å². The van der Waals surface area contributed by atoms with E-state index in [9.17, 15) is 0 Å². The molecular formula is C22H24N2O2. The molecule has 4 heteroatoms. The van der Waals surface area contributed by atoms with Crippen molar-refractivity contribution in [1.82, 2.24) is 0 Å². The van der Waals surface area contributed by atoms with E-state index >= 15 is 0 Å². The summed E-state index contributed by atoms with van der Waals surface area (Å²) in [5.74, 6) is 1.50. The van der Waals surface area contributed by atoms with Crippen LogP contribution in [0.2, 0.25) is 0 Å². The predicted octanol–water partition coefficient (Wildman–Crippen LogP) is 5.54. The number of hydrogen-bond donors (Lipinski definition) is 0. The molecule has 0 aliphatic heterocycles. The predicted molar refractivity (Wildman–Crippen MR) is 101 cm³/mol. The molecule has 0 amide bonds. The molecule has 0 spiro atoms. The third-order valence-corrected chi connectivity index (χ3v) is 5.16. The van der Waals surface area contributed by atoms with Crippen molar-refractivity contribution < 1.29 is 9.47 Å². The van der Waals surface area contributed by atoms with Crippen molar-refractivity contribution in [2.45, 2.75) is 45.4 Å². The largest absolute Gasteiger partial charge is 0.388 e. The Balaban J connectivity index is 2.57. The number of rotatable bonds is 8. The lowest BCUT2D eigenvalue weighted by Gasteiger charge is -2.40. The zero-order valence-corrected chi connectivity index (χ0v) is 15.5. The molecule has 0 saturated carbocycles. The van der Waals surface area contributed by atoms with Crippen molar-refractivity contribution in [1.29, 1.82) is 10.5 Å². The van der Waals surface area contributed by atoms with E-state index in [-0.39, 0.29) is 5.41 Å². The van der Waals surface area contributed by atoms with Gasteiger partial charge in [0, 0.05) is 5.41 Å². The Morgan fingerprint density at radius 1 is 0.846 bits per heavy atom.